The van der Waals surface area contributed by atoms with E-state index in [1.54, 1.807) is 13.2 Å². The third-order valence-electron chi connectivity index (χ3n) is 4.87. The van der Waals surface area contributed by atoms with Gasteiger partial charge in [-0.2, -0.15) is 0 Å². The highest BCUT2D eigenvalue weighted by molar-refractivity contribution is 14.1. The Morgan fingerprint density at radius 1 is 1.00 bits per heavy atom. The molecule has 0 saturated carbocycles. The lowest BCUT2D eigenvalue weighted by molar-refractivity contribution is -0.129. The second kappa shape index (κ2) is 9.99. The van der Waals surface area contributed by atoms with Crippen molar-refractivity contribution in [2.45, 2.75) is 13.3 Å². The van der Waals surface area contributed by atoms with Crippen LogP contribution in [0.5, 0.6) is 11.5 Å². The molecule has 0 bridgehead atoms. The highest BCUT2D eigenvalue weighted by Crippen LogP contribution is 2.35. The van der Waals surface area contributed by atoms with Gasteiger partial charge in [-0.25, -0.2) is 9.79 Å². The fraction of sp³-hybridized carbons (Fsp3) is 0.154. The van der Waals surface area contributed by atoms with Gasteiger partial charge in [0.05, 0.1) is 17.3 Å². The molecule has 32 heavy (non-hydrogen) atoms. The van der Waals surface area contributed by atoms with Crippen LogP contribution in [-0.2, 0) is 9.53 Å². The van der Waals surface area contributed by atoms with E-state index in [1.165, 1.54) is 0 Å². The number of esters is 1. The maximum atomic E-state index is 12.4. The number of aliphatic imine (C=N–C) groups is 1. The van der Waals surface area contributed by atoms with Crippen LogP contribution in [0.3, 0.4) is 0 Å². The summed E-state index contributed by atoms with van der Waals surface area (Å²) in [5, 5.41) is 0. The largest absolute Gasteiger partial charge is 0.493 e. The van der Waals surface area contributed by atoms with Crippen molar-refractivity contribution in [1.29, 1.82) is 0 Å². The number of cyclic esters (lactones) is 1. The highest BCUT2D eigenvalue weighted by atomic mass is 127. The summed E-state index contributed by atoms with van der Waals surface area (Å²) in [6, 6.07) is 21.6. The third-order valence-corrected chi connectivity index (χ3v) is 5.67. The monoisotopic (exact) mass is 539 g/mol. The summed E-state index contributed by atoms with van der Waals surface area (Å²) in [5.41, 5.74) is 3.98. The first-order valence-corrected chi connectivity index (χ1v) is 11.4. The van der Waals surface area contributed by atoms with Crippen LogP contribution in [0.25, 0.3) is 17.2 Å². The summed E-state index contributed by atoms with van der Waals surface area (Å²) in [4.78, 5) is 16.9. The van der Waals surface area contributed by atoms with Gasteiger partial charge < -0.3 is 14.2 Å². The number of nitrogens with zero attached hydrogens (tertiary/aromatic N) is 1. The van der Waals surface area contributed by atoms with E-state index in [-0.39, 0.29) is 5.70 Å². The van der Waals surface area contributed by atoms with Gasteiger partial charge in [0.1, 0.15) is 0 Å². The molecule has 0 aliphatic carbocycles. The molecule has 0 spiro atoms. The maximum absolute atomic E-state index is 12.4. The average molecular weight is 539 g/mol. The lowest BCUT2D eigenvalue weighted by atomic mass is 10.0. The Morgan fingerprint density at radius 2 is 1.69 bits per heavy atom. The number of hydrogen-bond donors (Lipinski definition) is 0. The van der Waals surface area contributed by atoms with Crippen molar-refractivity contribution in [2.75, 3.05) is 13.7 Å². The maximum Gasteiger partial charge on any atom is 0.363 e. The minimum absolute atomic E-state index is 0.243. The molecular weight excluding hydrogens is 517 g/mol. The lowest BCUT2D eigenvalue weighted by Gasteiger charge is -2.13. The number of rotatable bonds is 7. The van der Waals surface area contributed by atoms with Crippen molar-refractivity contribution < 1.29 is 19.0 Å². The Morgan fingerprint density at radius 3 is 2.38 bits per heavy atom. The van der Waals surface area contributed by atoms with Gasteiger partial charge in [-0.3, -0.25) is 0 Å². The summed E-state index contributed by atoms with van der Waals surface area (Å²) in [6.45, 7) is 2.66. The van der Waals surface area contributed by atoms with E-state index < -0.39 is 5.97 Å². The van der Waals surface area contributed by atoms with E-state index in [2.05, 4.69) is 46.6 Å². The summed E-state index contributed by atoms with van der Waals surface area (Å²) in [5.74, 6) is 1.14. The van der Waals surface area contributed by atoms with E-state index in [1.807, 2.05) is 54.6 Å². The molecule has 3 aromatic carbocycles. The minimum atomic E-state index is -0.479. The molecule has 0 unspecified atom stereocenters. The first-order valence-electron chi connectivity index (χ1n) is 10.3. The van der Waals surface area contributed by atoms with Crippen LogP contribution in [0.2, 0.25) is 0 Å². The van der Waals surface area contributed by atoms with E-state index >= 15 is 0 Å². The molecule has 1 heterocycles. The van der Waals surface area contributed by atoms with Crippen molar-refractivity contribution in [1.82, 2.24) is 0 Å². The van der Waals surface area contributed by atoms with Gasteiger partial charge in [-0.15, -0.1) is 0 Å². The number of halogens is 1. The Balaban J connectivity index is 1.59. The normalized spacial score (nSPS) is 14.3. The number of hydrogen-bond acceptors (Lipinski definition) is 5. The van der Waals surface area contributed by atoms with Gasteiger partial charge in [0.15, 0.2) is 17.2 Å². The van der Waals surface area contributed by atoms with Crippen molar-refractivity contribution in [3.8, 4) is 22.6 Å². The van der Waals surface area contributed by atoms with E-state index in [9.17, 15) is 4.79 Å². The number of ether oxygens (including phenoxy) is 3. The molecule has 4 rings (SSSR count). The quantitative estimate of drug-likeness (QED) is 0.207. The van der Waals surface area contributed by atoms with Crippen LogP contribution in [0.15, 0.2) is 77.4 Å². The molecule has 0 saturated heterocycles. The van der Waals surface area contributed by atoms with Gasteiger partial charge in [0.2, 0.25) is 5.90 Å². The smallest absolute Gasteiger partial charge is 0.363 e. The Hall–Kier alpha value is -3.13. The number of methoxy groups -OCH3 is 1. The van der Waals surface area contributed by atoms with E-state index in [0.717, 1.165) is 32.2 Å². The van der Waals surface area contributed by atoms with Crippen molar-refractivity contribution >= 4 is 40.5 Å². The van der Waals surface area contributed by atoms with Crippen LogP contribution >= 0.6 is 22.6 Å². The van der Waals surface area contributed by atoms with Gasteiger partial charge in [-0.1, -0.05) is 49.4 Å². The molecular formula is C26H22INO4. The molecule has 0 N–H and O–H groups in total. The number of carbonyl (C=O) groups is 1. The first kappa shape index (κ1) is 22.1. The van der Waals surface area contributed by atoms with Gasteiger partial charge in [0, 0.05) is 5.56 Å². The molecule has 162 valence electrons. The average Bonchev–Trinajstić information content (AvgIpc) is 3.18. The van der Waals surface area contributed by atoms with Gasteiger partial charge in [0.25, 0.3) is 0 Å². The SMILES string of the molecule is CCCOc1c(I)cc(/C=C2\N=C(c3ccc(-c4ccccc4)cc3)OC2=O)cc1OC. The fourth-order valence-corrected chi connectivity index (χ4v) is 4.07. The van der Waals surface area contributed by atoms with Gasteiger partial charge in [-0.05, 0) is 76.0 Å². The van der Waals surface area contributed by atoms with Crippen LogP contribution in [0.1, 0.15) is 24.5 Å². The first-order chi connectivity index (χ1) is 15.6. The van der Waals surface area contributed by atoms with Crippen molar-refractivity contribution in [3.63, 3.8) is 0 Å². The fourth-order valence-electron chi connectivity index (χ4n) is 3.29. The Labute approximate surface area is 200 Å². The molecule has 0 aromatic heterocycles. The third kappa shape index (κ3) is 4.85. The molecule has 0 radical (unpaired) electrons. The number of benzene rings is 3. The summed E-state index contributed by atoms with van der Waals surface area (Å²) in [7, 11) is 1.60. The van der Waals surface area contributed by atoms with E-state index in [0.29, 0.717) is 24.0 Å². The molecule has 1 aliphatic rings. The van der Waals surface area contributed by atoms with Crippen LogP contribution < -0.4 is 9.47 Å². The summed E-state index contributed by atoms with van der Waals surface area (Å²) >= 11 is 2.20. The molecule has 0 fully saturated rings. The van der Waals surface area contributed by atoms with Gasteiger partial charge >= 0.3 is 5.97 Å². The van der Waals surface area contributed by atoms with Crippen LogP contribution in [0, 0.1) is 3.57 Å². The summed E-state index contributed by atoms with van der Waals surface area (Å²) < 4.78 is 17.6. The molecule has 1 aliphatic heterocycles. The highest BCUT2D eigenvalue weighted by Gasteiger charge is 2.24. The zero-order valence-electron chi connectivity index (χ0n) is 17.8. The lowest BCUT2D eigenvalue weighted by Crippen LogP contribution is -2.05. The van der Waals surface area contributed by atoms with E-state index in [4.69, 9.17) is 14.2 Å². The second-order valence-electron chi connectivity index (χ2n) is 7.16. The molecule has 6 heteroatoms. The van der Waals surface area contributed by atoms with Crippen LogP contribution in [-0.4, -0.2) is 25.6 Å². The molecule has 0 amide bonds. The second-order valence-corrected chi connectivity index (χ2v) is 8.32. The zero-order chi connectivity index (χ0) is 22.5. The predicted molar refractivity (Wildman–Crippen MR) is 134 cm³/mol. The van der Waals surface area contributed by atoms with Crippen molar-refractivity contribution in [3.05, 3.63) is 87.1 Å². The van der Waals surface area contributed by atoms with Crippen molar-refractivity contribution in [2.24, 2.45) is 4.99 Å². The standard InChI is InChI=1S/C26H22INO4/c1-3-13-31-24-21(27)14-17(16-23(24)30-2)15-22-26(29)32-25(28-22)20-11-9-19(10-12-20)18-7-5-4-6-8-18/h4-12,14-16H,3,13H2,1-2H3/b22-15-. The molecule has 5 nitrogen and oxygen atoms in total. The molecule has 3 aromatic rings. The van der Waals surface area contributed by atoms with Crippen LogP contribution in [0.4, 0.5) is 0 Å². The zero-order valence-corrected chi connectivity index (χ0v) is 20.0. The Kier molecular flexibility index (Phi) is 6.90. The predicted octanol–water partition coefficient (Wildman–Crippen LogP) is 6.10. The topological polar surface area (TPSA) is 57.1 Å². The minimum Gasteiger partial charge on any atom is -0.493 e. The molecule has 0 atom stereocenters. The summed E-state index contributed by atoms with van der Waals surface area (Å²) in [6.07, 6.45) is 2.60. The Bertz CT molecular complexity index is 1180. The number of carbonyl (C=O) groups excluding carboxylic acids is 1.